The van der Waals surface area contributed by atoms with Crippen LogP contribution in [0, 0.1) is 23.7 Å². The lowest BCUT2D eigenvalue weighted by molar-refractivity contribution is -0.118. The summed E-state index contributed by atoms with van der Waals surface area (Å²) in [6.45, 7) is 7.59. The molecule has 0 radical (unpaired) electrons. The summed E-state index contributed by atoms with van der Waals surface area (Å²) < 4.78 is 0. The molecule has 1 fully saturated rings. The standard InChI is InChI=1S/C18H23NO/c1-5-14-6-9-16(10-7-14)19-13-12-15(18(2,3)4)8-11-17(19)20/h1,6-7,9-10,15H,8,11-13H2,2-4H3. The molecule has 1 aliphatic rings. The van der Waals surface area contributed by atoms with Gasteiger partial charge in [0.2, 0.25) is 5.91 Å². The van der Waals surface area contributed by atoms with Crippen molar-refractivity contribution in [2.24, 2.45) is 11.3 Å². The van der Waals surface area contributed by atoms with Crippen LogP contribution in [0.25, 0.3) is 0 Å². The van der Waals surface area contributed by atoms with Crippen LogP contribution in [-0.2, 0) is 4.79 Å². The van der Waals surface area contributed by atoms with E-state index in [1.807, 2.05) is 29.2 Å². The van der Waals surface area contributed by atoms with Crippen molar-refractivity contribution in [3.63, 3.8) is 0 Å². The third-order valence-corrected chi connectivity index (χ3v) is 4.28. The van der Waals surface area contributed by atoms with Gasteiger partial charge >= 0.3 is 0 Å². The van der Waals surface area contributed by atoms with Crippen molar-refractivity contribution in [3.8, 4) is 12.3 Å². The summed E-state index contributed by atoms with van der Waals surface area (Å²) in [5.41, 5.74) is 2.08. The average molecular weight is 269 g/mol. The zero-order valence-electron chi connectivity index (χ0n) is 12.6. The fraction of sp³-hybridized carbons (Fsp3) is 0.500. The Hall–Kier alpha value is -1.75. The van der Waals surface area contributed by atoms with E-state index in [2.05, 4.69) is 26.7 Å². The van der Waals surface area contributed by atoms with E-state index in [0.717, 1.165) is 30.6 Å². The first-order chi connectivity index (χ1) is 9.41. The average Bonchev–Trinajstić information content (AvgIpc) is 2.60. The van der Waals surface area contributed by atoms with Gasteiger partial charge in [0, 0.05) is 24.2 Å². The van der Waals surface area contributed by atoms with E-state index in [0.29, 0.717) is 12.3 Å². The molecule has 0 aromatic heterocycles. The third kappa shape index (κ3) is 3.22. The highest BCUT2D eigenvalue weighted by Crippen LogP contribution is 2.35. The van der Waals surface area contributed by atoms with Crippen molar-refractivity contribution in [2.45, 2.75) is 40.0 Å². The molecule has 1 aliphatic heterocycles. The molecule has 1 aromatic carbocycles. The summed E-state index contributed by atoms with van der Waals surface area (Å²) in [7, 11) is 0. The van der Waals surface area contributed by atoms with E-state index in [1.165, 1.54) is 0 Å². The number of terminal acetylenes is 1. The summed E-state index contributed by atoms with van der Waals surface area (Å²) in [5, 5.41) is 0. The molecule has 0 bridgehead atoms. The van der Waals surface area contributed by atoms with Gasteiger partial charge in [0.15, 0.2) is 0 Å². The Morgan fingerprint density at radius 2 is 1.85 bits per heavy atom. The molecule has 0 aliphatic carbocycles. The fourth-order valence-corrected chi connectivity index (χ4v) is 2.86. The van der Waals surface area contributed by atoms with Crippen molar-refractivity contribution >= 4 is 11.6 Å². The number of carbonyl (C=O) groups excluding carboxylic acids is 1. The summed E-state index contributed by atoms with van der Waals surface area (Å²) in [5.74, 6) is 3.43. The monoisotopic (exact) mass is 269 g/mol. The second kappa shape index (κ2) is 5.71. The molecule has 0 N–H and O–H groups in total. The first kappa shape index (κ1) is 14.7. The van der Waals surface area contributed by atoms with Gasteiger partial charge < -0.3 is 4.90 Å². The number of amides is 1. The summed E-state index contributed by atoms with van der Waals surface area (Å²) in [4.78, 5) is 14.2. The highest BCUT2D eigenvalue weighted by atomic mass is 16.2. The highest BCUT2D eigenvalue weighted by molar-refractivity contribution is 5.93. The molecule has 1 aromatic rings. The zero-order chi connectivity index (χ0) is 14.8. The molecule has 0 spiro atoms. The number of rotatable bonds is 1. The molecule has 0 saturated carbocycles. The van der Waals surface area contributed by atoms with Crippen LogP contribution in [0.3, 0.4) is 0 Å². The largest absolute Gasteiger partial charge is 0.312 e. The van der Waals surface area contributed by atoms with Crippen LogP contribution < -0.4 is 4.90 Å². The number of anilines is 1. The Morgan fingerprint density at radius 3 is 2.40 bits per heavy atom. The van der Waals surface area contributed by atoms with Crippen LogP contribution >= 0.6 is 0 Å². The van der Waals surface area contributed by atoms with Crippen molar-refractivity contribution < 1.29 is 4.79 Å². The molecule has 1 amide bonds. The lowest BCUT2D eigenvalue weighted by Gasteiger charge is -2.29. The van der Waals surface area contributed by atoms with Gasteiger partial charge in [-0.3, -0.25) is 4.79 Å². The van der Waals surface area contributed by atoms with Gasteiger partial charge in [0.1, 0.15) is 0 Å². The maximum Gasteiger partial charge on any atom is 0.226 e. The van der Waals surface area contributed by atoms with Gasteiger partial charge in [-0.25, -0.2) is 0 Å². The highest BCUT2D eigenvalue weighted by Gasteiger charge is 2.30. The van der Waals surface area contributed by atoms with Crippen molar-refractivity contribution in [1.82, 2.24) is 0 Å². The topological polar surface area (TPSA) is 20.3 Å². The second-order valence-electron chi connectivity index (χ2n) is 6.63. The van der Waals surface area contributed by atoms with Crippen molar-refractivity contribution in [1.29, 1.82) is 0 Å². The van der Waals surface area contributed by atoms with Gasteiger partial charge in [-0.05, 0) is 48.4 Å². The maximum absolute atomic E-state index is 12.3. The van der Waals surface area contributed by atoms with Crippen molar-refractivity contribution in [3.05, 3.63) is 29.8 Å². The summed E-state index contributed by atoms with van der Waals surface area (Å²) in [6.07, 6.45) is 8.05. The fourth-order valence-electron chi connectivity index (χ4n) is 2.86. The molecular weight excluding hydrogens is 246 g/mol. The molecule has 1 unspecified atom stereocenters. The molecule has 1 saturated heterocycles. The molecule has 2 rings (SSSR count). The lowest BCUT2D eigenvalue weighted by atomic mass is 9.77. The molecule has 2 nitrogen and oxygen atoms in total. The molecule has 106 valence electrons. The smallest absolute Gasteiger partial charge is 0.226 e. The third-order valence-electron chi connectivity index (χ3n) is 4.28. The minimum Gasteiger partial charge on any atom is -0.312 e. The SMILES string of the molecule is C#Cc1ccc(N2CCC(C(C)(C)C)CCC2=O)cc1. The van der Waals surface area contributed by atoms with Gasteiger partial charge in [-0.2, -0.15) is 0 Å². The van der Waals surface area contributed by atoms with E-state index in [4.69, 9.17) is 6.42 Å². The Bertz CT molecular complexity index is 516. The number of hydrogen-bond donors (Lipinski definition) is 0. The van der Waals surface area contributed by atoms with E-state index in [9.17, 15) is 4.79 Å². The van der Waals surface area contributed by atoms with E-state index in [1.54, 1.807) is 0 Å². The molecule has 2 heteroatoms. The molecule has 1 heterocycles. The van der Waals surface area contributed by atoms with Gasteiger partial charge in [0.05, 0.1) is 0 Å². The minimum atomic E-state index is 0.227. The molecule has 1 atom stereocenters. The Kier molecular flexibility index (Phi) is 4.18. The maximum atomic E-state index is 12.3. The normalized spacial score (nSPS) is 20.4. The predicted molar refractivity (Wildman–Crippen MR) is 83.5 cm³/mol. The van der Waals surface area contributed by atoms with Crippen LogP contribution in [0.5, 0.6) is 0 Å². The number of benzene rings is 1. The lowest BCUT2D eigenvalue weighted by Crippen LogP contribution is -2.30. The van der Waals surface area contributed by atoms with Gasteiger partial charge in [-0.1, -0.05) is 26.7 Å². The second-order valence-corrected chi connectivity index (χ2v) is 6.63. The number of nitrogens with zero attached hydrogens (tertiary/aromatic N) is 1. The van der Waals surface area contributed by atoms with Crippen LogP contribution in [0.15, 0.2) is 24.3 Å². The molecular formula is C18H23NO. The van der Waals surface area contributed by atoms with E-state index in [-0.39, 0.29) is 11.3 Å². The predicted octanol–water partition coefficient (Wildman–Crippen LogP) is 3.85. The van der Waals surface area contributed by atoms with Crippen LogP contribution in [0.1, 0.15) is 45.6 Å². The quantitative estimate of drug-likeness (QED) is 0.709. The zero-order valence-corrected chi connectivity index (χ0v) is 12.6. The number of hydrogen-bond acceptors (Lipinski definition) is 1. The summed E-state index contributed by atoms with van der Waals surface area (Å²) in [6, 6.07) is 7.69. The van der Waals surface area contributed by atoms with Crippen LogP contribution in [-0.4, -0.2) is 12.5 Å². The summed E-state index contributed by atoms with van der Waals surface area (Å²) >= 11 is 0. The van der Waals surface area contributed by atoms with Gasteiger partial charge in [-0.15, -0.1) is 6.42 Å². The molecule has 20 heavy (non-hydrogen) atoms. The van der Waals surface area contributed by atoms with Crippen LogP contribution in [0.2, 0.25) is 0 Å². The van der Waals surface area contributed by atoms with Crippen LogP contribution in [0.4, 0.5) is 5.69 Å². The first-order valence-corrected chi connectivity index (χ1v) is 7.29. The minimum absolute atomic E-state index is 0.227. The van der Waals surface area contributed by atoms with Gasteiger partial charge in [0.25, 0.3) is 0 Å². The Morgan fingerprint density at radius 1 is 1.20 bits per heavy atom. The Labute approximate surface area is 122 Å². The van der Waals surface area contributed by atoms with E-state index < -0.39 is 0 Å². The van der Waals surface area contributed by atoms with Crippen molar-refractivity contribution in [2.75, 3.05) is 11.4 Å². The number of carbonyl (C=O) groups is 1. The Balaban J connectivity index is 2.16. The first-order valence-electron chi connectivity index (χ1n) is 7.29. The van der Waals surface area contributed by atoms with E-state index >= 15 is 0 Å².